The fourth-order valence-corrected chi connectivity index (χ4v) is 2.21. The summed E-state index contributed by atoms with van der Waals surface area (Å²) in [5.41, 5.74) is 12.0. The molecular formula is C10H14N6O3. The van der Waals surface area contributed by atoms with E-state index < -0.39 is 24.5 Å². The van der Waals surface area contributed by atoms with Crippen LogP contribution in [0, 0.1) is 0 Å². The standard InChI is InChI=1S/C10H14N6O3/c11-1-4-6(17)7(18)10(19-4)16-3-15-5-8(12)13-2-14-9(5)16/h2-4,6-7,10,17-18H,1,11H2,(H2,12,13,14)/t4?,6-,7?,10?/m0/s1. The topological polar surface area (TPSA) is 145 Å². The molecule has 1 fully saturated rings. The number of nitrogens with zero attached hydrogens (tertiary/aromatic N) is 4. The fourth-order valence-electron chi connectivity index (χ4n) is 2.21. The van der Waals surface area contributed by atoms with Crippen LogP contribution in [0.5, 0.6) is 0 Å². The van der Waals surface area contributed by atoms with E-state index in [-0.39, 0.29) is 12.4 Å². The van der Waals surface area contributed by atoms with Gasteiger partial charge in [-0.05, 0) is 0 Å². The number of rotatable bonds is 2. The summed E-state index contributed by atoms with van der Waals surface area (Å²) in [6, 6.07) is 0. The average Bonchev–Trinajstić information content (AvgIpc) is 2.94. The third-order valence-corrected chi connectivity index (χ3v) is 3.23. The molecule has 1 saturated heterocycles. The molecule has 102 valence electrons. The minimum atomic E-state index is -1.11. The number of anilines is 1. The maximum absolute atomic E-state index is 10.0. The van der Waals surface area contributed by atoms with E-state index in [9.17, 15) is 10.2 Å². The van der Waals surface area contributed by atoms with Gasteiger partial charge in [0.25, 0.3) is 0 Å². The van der Waals surface area contributed by atoms with Crippen LogP contribution in [0.25, 0.3) is 11.2 Å². The Labute approximate surface area is 107 Å². The molecule has 2 aromatic rings. The molecule has 3 rings (SSSR count). The number of ether oxygens (including phenoxy) is 1. The monoisotopic (exact) mass is 266 g/mol. The van der Waals surface area contributed by atoms with Crippen molar-refractivity contribution in [1.82, 2.24) is 19.5 Å². The van der Waals surface area contributed by atoms with Crippen LogP contribution in [0.2, 0.25) is 0 Å². The normalized spacial score (nSPS) is 31.1. The van der Waals surface area contributed by atoms with Crippen molar-refractivity contribution in [3.63, 3.8) is 0 Å². The number of hydrogen-bond acceptors (Lipinski definition) is 8. The van der Waals surface area contributed by atoms with Crippen LogP contribution in [-0.2, 0) is 4.74 Å². The van der Waals surface area contributed by atoms with Gasteiger partial charge in [0.1, 0.15) is 30.2 Å². The third-order valence-electron chi connectivity index (χ3n) is 3.23. The Morgan fingerprint density at radius 1 is 1.26 bits per heavy atom. The molecule has 0 spiro atoms. The molecule has 0 bridgehead atoms. The van der Waals surface area contributed by atoms with Gasteiger partial charge in [0, 0.05) is 6.54 Å². The molecule has 6 N–H and O–H groups in total. The summed E-state index contributed by atoms with van der Waals surface area (Å²) in [4.78, 5) is 12.0. The molecule has 0 amide bonds. The summed E-state index contributed by atoms with van der Waals surface area (Å²) in [7, 11) is 0. The van der Waals surface area contributed by atoms with Crippen molar-refractivity contribution in [2.45, 2.75) is 24.5 Å². The van der Waals surface area contributed by atoms with Crippen molar-refractivity contribution < 1.29 is 14.9 Å². The lowest BCUT2D eigenvalue weighted by atomic mass is 10.1. The largest absolute Gasteiger partial charge is 0.387 e. The van der Waals surface area contributed by atoms with Gasteiger partial charge in [-0.3, -0.25) is 4.57 Å². The highest BCUT2D eigenvalue weighted by Gasteiger charge is 2.43. The molecular weight excluding hydrogens is 252 g/mol. The highest BCUT2D eigenvalue weighted by Crippen LogP contribution is 2.31. The van der Waals surface area contributed by atoms with Gasteiger partial charge in [-0.25, -0.2) is 15.0 Å². The molecule has 1 aliphatic rings. The molecule has 4 atom stereocenters. The van der Waals surface area contributed by atoms with Gasteiger partial charge in [0.15, 0.2) is 17.7 Å². The first-order valence-electron chi connectivity index (χ1n) is 5.78. The SMILES string of the molecule is NCC1OC(n2cnc3c(N)ncnc32)C(O)[C@H]1O. The lowest BCUT2D eigenvalue weighted by Gasteiger charge is -2.16. The zero-order valence-corrected chi connectivity index (χ0v) is 9.92. The van der Waals surface area contributed by atoms with Crippen molar-refractivity contribution >= 4 is 17.0 Å². The van der Waals surface area contributed by atoms with E-state index in [1.165, 1.54) is 17.2 Å². The van der Waals surface area contributed by atoms with Gasteiger partial charge in [-0.2, -0.15) is 0 Å². The molecule has 3 unspecified atom stereocenters. The average molecular weight is 266 g/mol. The Balaban J connectivity index is 2.04. The van der Waals surface area contributed by atoms with Crippen molar-refractivity contribution in [2.75, 3.05) is 12.3 Å². The van der Waals surface area contributed by atoms with Gasteiger partial charge >= 0.3 is 0 Å². The van der Waals surface area contributed by atoms with Crippen molar-refractivity contribution in [2.24, 2.45) is 5.73 Å². The van der Waals surface area contributed by atoms with Crippen LogP contribution in [0.4, 0.5) is 5.82 Å². The van der Waals surface area contributed by atoms with E-state index in [0.29, 0.717) is 11.2 Å². The van der Waals surface area contributed by atoms with Crippen molar-refractivity contribution in [3.8, 4) is 0 Å². The highest BCUT2D eigenvalue weighted by molar-refractivity contribution is 5.81. The molecule has 0 aliphatic carbocycles. The van der Waals surface area contributed by atoms with Gasteiger partial charge in [-0.1, -0.05) is 0 Å². The van der Waals surface area contributed by atoms with Gasteiger partial charge in [0.2, 0.25) is 0 Å². The lowest BCUT2D eigenvalue weighted by Crippen LogP contribution is -2.35. The molecule has 9 nitrogen and oxygen atoms in total. The molecule has 9 heteroatoms. The second-order valence-electron chi connectivity index (χ2n) is 4.36. The number of nitrogens with two attached hydrogens (primary N) is 2. The first-order valence-corrected chi connectivity index (χ1v) is 5.78. The predicted octanol–water partition coefficient (Wildman–Crippen LogP) is -2.01. The number of imidazole rings is 1. The zero-order valence-electron chi connectivity index (χ0n) is 9.92. The van der Waals surface area contributed by atoms with Crippen LogP contribution in [0.1, 0.15) is 6.23 Å². The number of fused-ring (bicyclic) bond motifs is 1. The minimum absolute atomic E-state index is 0.110. The van der Waals surface area contributed by atoms with Crippen LogP contribution >= 0.6 is 0 Å². The van der Waals surface area contributed by atoms with Gasteiger partial charge in [0.05, 0.1) is 6.33 Å². The second kappa shape index (κ2) is 4.38. The molecule has 19 heavy (non-hydrogen) atoms. The van der Waals surface area contributed by atoms with Crippen molar-refractivity contribution in [1.29, 1.82) is 0 Å². The Kier molecular flexibility index (Phi) is 2.82. The third kappa shape index (κ3) is 1.75. The van der Waals surface area contributed by atoms with Crippen LogP contribution in [0.3, 0.4) is 0 Å². The summed E-state index contributed by atoms with van der Waals surface area (Å²) >= 11 is 0. The first kappa shape index (κ1) is 12.2. The lowest BCUT2D eigenvalue weighted by molar-refractivity contribution is -0.0322. The van der Waals surface area contributed by atoms with E-state index >= 15 is 0 Å². The van der Waals surface area contributed by atoms with E-state index in [1.54, 1.807) is 0 Å². The molecule has 3 heterocycles. The number of hydrogen-bond donors (Lipinski definition) is 4. The summed E-state index contributed by atoms with van der Waals surface area (Å²) in [5, 5.41) is 19.8. The molecule has 0 saturated carbocycles. The Morgan fingerprint density at radius 3 is 2.74 bits per heavy atom. The van der Waals surface area contributed by atoms with Crippen LogP contribution < -0.4 is 11.5 Å². The van der Waals surface area contributed by atoms with E-state index in [1.807, 2.05) is 0 Å². The van der Waals surface area contributed by atoms with Crippen LogP contribution in [-0.4, -0.2) is 54.6 Å². The zero-order chi connectivity index (χ0) is 13.6. The summed E-state index contributed by atoms with van der Waals surface area (Å²) in [6.07, 6.45) is -0.850. The van der Waals surface area contributed by atoms with Gasteiger partial charge < -0.3 is 26.4 Å². The summed E-state index contributed by atoms with van der Waals surface area (Å²) < 4.78 is 7.04. The summed E-state index contributed by atoms with van der Waals surface area (Å²) in [6.45, 7) is 0.110. The number of nitrogen functional groups attached to an aromatic ring is 1. The maximum Gasteiger partial charge on any atom is 0.167 e. The van der Waals surface area contributed by atoms with Crippen molar-refractivity contribution in [3.05, 3.63) is 12.7 Å². The Hall–Kier alpha value is -1.81. The predicted molar refractivity (Wildman–Crippen MR) is 64.7 cm³/mol. The quantitative estimate of drug-likeness (QED) is 0.487. The molecule has 0 aromatic carbocycles. The Bertz CT molecular complexity index is 602. The number of aliphatic hydroxyl groups excluding tert-OH is 2. The van der Waals surface area contributed by atoms with Gasteiger partial charge in [-0.15, -0.1) is 0 Å². The van der Waals surface area contributed by atoms with E-state index in [0.717, 1.165) is 0 Å². The molecule has 0 radical (unpaired) electrons. The molecule has 1 aliphatic heterocycles. The Morgan fingerprint density at radius 2 is 2.05 bits per heavy atom. The number of aliphatic hydroxyl groups is 2. The smallest absolute Gasteiger partial charge is 0.167 e. The molecule has 2 aromatic heterocycles. The summed E-state index contributed by atoms with van der Waals surface area (Å²) in [5.74, 6) is 0.243. The van der Waals surface area contributed by atoms with E-state index in [4.69, 9.17) is 16.2 Å². The minimum Gasteiger partial charge on any atom is -0.387 e. The van der Waals surface area contributed by atoms with Crippen LogP contribution in [0.15, 0.2) is 12.7 Å². The first-order chi connectivity index (χ1) is 9.13. The van der Waals surface area contributed by atoms with E-state index in [2.05, 4.69) is 15.0 Å². The fraction of sp³-hybridized carbons (Fsp3) is 0.500. The number of aromatic nitrogens is 4. The highest BCUT2D eigenvalue weighted by atomic mass is 16.6. The second-order valence-corrected chi connectivity index (χ2v) is 4.36. The maximum atomic E-state index is 10.0.